The van der Waals surface area contributed by atoms with Crippen LogP contribution in [0.25, 0.3) is 0 Å². The SMILES string of the molecule is COc1cccc(C2(N)CCC(N(C(=O)CNC(=O)c3cccc(C(F)(F)F)c3)C3CNC3)CC2)c1. The lowest BCUT2D eigenvalue weighted by Gasteiger charge is -2.47. The third-order valence-electron chi connectivity index (χ3n) is 7.18. The lowest BCUT2D eigenvalue weighted by Crippen LogP contribution is -2.64. The molecule has 0 aromatic heterocycles. The minimum atomic E-state index is -4.55. The quantitative estimate of drug-likeness (QED) is 0.539. The lowest BCUT2D eigenvalue weighted by atomic mass is 9.75. The first-order valence-electron chi connectivity index (χ1n) is 12.0. The summed E-state index contributed by atoms with van der Waals surface area (Å²) >= 11 is 0. The number of rotatable bonds is 7. The van der Waals surface area contributed by atoms with Crippen molar-refractivity contribution in [2.75, 3.05) is 26.7 Å². The van der Waals surface area contributed by atoms with E-state index in [4.69, 9.17) is 10.5 Å². The van der Waals surface area contributed by atoms with Crippen LogP contribution in [0, 0.1) is 0 Å². The van der Waals surface area contributed by atoms with Gasteiger partial charge < -0.3 is 26.0 Å². The van der Waals surface area contributed by atoms with Gasteiger partial charge in [-0.05, 0) is 61.6 Å². The van der Waals surface area contributed by atoms with Crippen molar-refractivity contribution in [3.05, 3.63) is 65.2 Å². The zero-order valence-electron chi connectivity index (χ0n) is 20.1. The van der Waals surface area contributed by atoms with E-state index < -0.39 is 23.2 Å². The Kier molecular flexibility index (Phi) is 7.56. The highest BCUT2D eigenvalue weighted by Crippen LogP contribution is 2.38. The number of carbonyl (C=O) groups is 2. The third kappa shape index (κ3) is 5.65. The molecule has 2 aromatic carbocycles. The fraction of sp³-hybridized carbons (Fsp3) is 0.462. The van der Waals surface area contributed by atoms with Crippen molar-refractivity contribution < 1.29 is 27.5 Å². The number of nitrogens with one attached hydrogen (secondary N) is 2. The van der Waals surface area contributed by atoms with Gasteiger partial charge in [0.25, 0.3) is 5.91 Å². The Morgan fingerprint density at radius 1 is 1.11 bits per heavy atom. The van der Waals surface area contributed by atoms with Crippen molar-refractivity contribution in [1.82, 2.24) is 15.5 Å². The average molecular weight is 505 g/mol. The van der Waals surface area contributed by atoms with Crippen LogP contribution >= 0.6 is 0 Å². The molecule has 194 valence electrons. The van der Waals surface area contributed by atoms with Crippen molar-refractivity contribution in [2.24, 2.45) is 5.73 Å². The number of benzene rings is 2. The molecule has 0 bridgehead atoms. The summed E-state index contributed by atoms with van der Waals surface area (Å²) in [6, 6.07) is 11.9. The molecule has 2 aromatic rings. The Morgan fingerprint density at radius 3 is 2.42 bits per heavy atom. The van der Waals surface area contributed by atoms with Crippen LogP contribution in [-0.4, -0.2) is 55.5 Å². The number of hydrogen-bond donors (Lipinski definition) is 3. The van der Waals surface area contributed by atoms with E-state index >= 15 is 0 Å². The number of halogens is 3. The number of amides is 2. The van der Waals surface area contributed by atoms with Crippen molar-refractivity contribution in [1.29, 1.82) is 0 Å². The zero-order chi connectivity index (χ0) is 25.9. The van der Waals surface area contributed by atoms with Crippen molar-refractivity contribution in [2.45, 2.75) is 49.5 Å². The van der Waals surface area contributed by atoms with Crippen LogP contribution in [0.2, 0.25) is 0 Å². The molecule has 1 aliphatic heterocycles. The van der Waals surface area contributed by atoms with E-state index in [2.05, 4.69) is 10.6 Å². The molecule has 36 heavy (non-hydrogen) atoms. The van der Waals surface area contributed by atoms with Crippen molar-refractivity contribution in [3.63, 3.8) is 0 Å². The van der Waals surface area contributed by atoms with E-state index in [1.807, 2.05) is 29.2 Å². The highest BCUT2D eigenvalue weighted by Gasteiger charge is 2.40. The van der Waals surface area contributed by atoms with Gasteiger partial charge in [-0.15, -0.1) is 0 Å². The molecule has 4 rings (SSSR count). The van der Waals surface area contributed by atoms with E-state index in [0.29, 0.717) is 38.8 Å². The normalized spacial score (nSPS) is 22.4. The number of methoxy groups -OCH3 is 1. The standard InChI is InChI=1S/C26H31F3N4O3/c1-36-22-7-3-5-18(13-22)25(30)10-8-20(9-11-25)33(21-14-31-15-21)23(34)16-32-24(35)17-4-2-6-19(12-17)26(27,28)29/h2-7,12-13,20-21,31H,8-11,14-16,30H2,1H3,(H,32,35). The van der Waals surface area contributed by atoms with Crippen LogP contribution in [0.3, 0.4) is 0 Å². The largest absolute Gasteiger partial charge is 0.497 e. The van der Waals surface area contributed by atoms with E-state index in [9.17, 15) is 22.8 Å². The first-order chi connectivity index (χ1) is 17.1. The molecule has 2 amide bonds. The van der Waals surface area contributed by atoms with Crippen molar-refractivity contribution in [3.8, 4) is 5.75 Å². The summed E-state index contributed by atoms with van der Waals surface area (Å²) in [7, 11) is 1.61. The van der Waals surface area contributed by atoms with E-state index in [-0.39, 0.29) is 30.1 Å². The Balaban J connectivity index is 1.40. The summed E-state index contributed by atoms with van der Waals surface area (Å²) in [5.41, 5.74) is 6.19. The highest BCUT2D eigenvalue weighted by molar-refractivity contribution is 5.96. The Labute approximate surface area is 208 Å². The summed E-state index contributed by atoms with van der Waals surface area (Å²) in [5.74, 6) is -0.227. The predicted octanol–water partition coefficient (Wildman–Crippen LogP) is 3.04. The highest BCUT2D eigenvalue weighted by atomic mass is 19.4. The molecule has 1 saturated carbocycles. The second kappa shape index (κ2) is 10.5. The Bertz CT molecular complexity index is 1100. The van der Waals surface area contributed by atoms with Crippen LogP contribution in [0.4, 0.5) is 13.2 Å². The molecular formula is C26H31F3N4O3. The summed E-state index contributed by atoms with van der Waals surface area (Å²) in [5, 5.41) is 5.67. The lowest BCUT2D eigenvalue weighted by molar-refractivity contribution is -0.138. The molecule has 0 spiro atoms. The number of ether oxygens (including phenoxy) is 1. The predicted molar refractivity (Wildman–Crippen MR) is 128 cm³/mol. The molecular weight excluding hydrogens is 473 g/mol. The van der Waals surface area contributed by atoms with Crippen LogP contribution in [0.5, 0.6) is 5.75 Å². The van der Waals surface area contributed by atoms with Crippen LogP contribution in [0.15, 0.2) is 48.5 Å². The van der Waals surface area contributed by atoms with Gasteiger partial charge >= 0.3 is 6.18 Å². The van der Waals surface area contributed by atoms with Gasteiger partial charge in [-0.2, -0.15) is 13.2 Å². The van der Waals surface area contributed by atoms with Crippen LogP contribution in [-0.2, 0) is 16.5 Å². The first kappa shape index (κ1) is 26.0. The molecule has 0 radical (unpaired) electrons. The summed E-state index contributed by atoms with van der Waals surface area (Å²) in [6.07, 6.45) is -1.77. The number of nitrogens with zero attached hydrogens (tertiary/aromatic N) is 1. The summed E-state index contributed by atoms with van der Waals surface area (Å²) < 4.78 is 44.3. The summed E-state index contributed by atoms with van der Waals surface area (Å²) in [4.78, 5) is 27.5. The Morgan fingerprint density at radius 2 is 1.81 bits per heavy atom. The molecule has 10 heteroatoms. The Hall–Kier alpha value is -3.11. The molecule has 2 aliphatic rings. The minimum Gasteiger partial charge on any atom is -0.497 e. The van der Waals surface area contributed by atoms with Gasteiger partial charge in [0.1, 0.15) is 5.75 Å². The first-order valence-corrected chi connectivity index (χ1v) is 12.0. The maximum Gasteiger partial charge on any atom is 0.416 e. The molecule has 0 atom stereocenters. The van der Waals surface area contributed by atoms with Gasteiger partial charge in [0.15, 0.2) is 0 Å². The monoisotopic (exact) mass is 504 g/mol. The fourth-order valence-corrected chi connectivity index (χ4v) is 4.98. The van der Waals surface area contributed by atoms with Gasteiger partial charge in [-0.25, -0.2) is 0 Å². The van der Waals surface area contributed by atoms with Gasteiger partial charge in [0.2, 0.25) is 5.91 Å². The maximum atomic E-state index is 13.2. The van der Waals surface area contributed by atoms with E-state index in [1.165, 1.54) is 12.1 Å². The second-order valence-electron chi connectivity index (χ2n) is 9.49. The molecule has 1 aliphatic carbocycles. The molecule has 1 heterocycles. The maximum absolute atomic E-state index is 13.2. The molecule has 1 saturated heterocycles. The van der Waals surface area contributed by atoms with Crippen LogP contribution < -0.4 is 21.1 Å². The molecule has 4 N–H and O–H groups in total. The van der Waals surface area contributed by atoms with Gasteiger partial charge in [0.05, 0.1) is 25.3 Å². The average Bonchev–Trinajstić information content (AvgIpc) is 2.84. The van der Waals surface area contributed by atoms with Gasteiger partial charge in [-0.3, -0.25) is 9.59 Å². The number of nitrogens with two attached hydrogens (primary N) is 1. The zero-order valence-corrected chi connectivity index (χ0v) is 20.1. The third-order valence-corrected chi connectivity index (χ3v) is 7.18. The second-order valence-corrected chi connectivity index (χ2v) is 9.49. The number of alkyl halides is 3. The minimum absolute atomic E-state index is 0.00931. The van der Waals surface area contributed by atoms with Gasteiger partial charge in [0, 0.05) is 30.2 Å². The van der Waals surface area contributed by atoms with Crippen molar-refractivity contribution >= 4 is 11.8 Å². The molecule has 2 fully saturated rings. The van der Waals surface area contributed by atoms with Gasteiger partial charge in [-0.1, -0.05) is 18.2 Å². The number of carbonyl (C=O) groups excluding carboxylic acids is 2. The smallest absolute Gasteiger partial charge is 0.416 e. The van der Waals surface area contributed by atoms with E-state index in [1.54, 1.807) is 7.11 Å². The van der Waals surface area contributed by atoms with E-state index in [0.717, 1.165) is 23.4 Å². The van der Waals surface area contributed by atoms with Crippen LogP contribution in [0.1, 0.15) is 47.2 Å². The summed E-state index contributed by atoms with van der Waals surface area (Å²) in [6.45, 7) is 1.03. The fourth-order valence-electron chi connectivity index (χ4n) is 4.98. The topological polar surface area (TPSA) is 96.7 Å². The molecule has 7 nitrogen and oxygen atoms in total. The molecule has 0 unspecified atom stereocenters. The number of hydrogen-bond acceptors (Lipinski definition) is 5.